The molecule has 7 heteroatoms. The number of imide groups is 1. The van der Waals surface area contributed by atoms with Crippen molar-refractivity contribution in [2.45, 2.75) is 37.3 Å². The van der Waals surface area contributed by atoms with Crippen LogP contribution in [-0.4, -0.2) is 44.2 Å². The monoisotopic (exact) mass is 335 g/mol. The molecule has 0 unspecified atom stereocenters. The summed E-state index contributed by atoms with van der Waals surface area (Å²) >= 11 is 0. The van der Waals surface area contributed by atoms with Gasteiger partial charge in [-0.2, -0.15) is 0 Å². The second kappa shape index (κ2) is 7.27. The number of halogens is 1. The highest BCUT2D eigenvalue weighted by atomic mass is 19.1. The molecule has 0 bridgehead atoms. The van der Waals surface area contributed by atoms with Crippen LogP contribution in [0.4, 0.5) is 10.1 Å². The molecule has 130 valence electrons. The van der Waals surface area contributed by atoms with Crippen LogP contribution in [-0.2, 0) is 14.3 Å². The summed E-state index contributed by atoms with van der Waals surface area (Å²) in [7, 11) is 1.64. The number of carbonyl (C=O) groups is 2. The lowest BCUT2D eigenvalue weighted by Crippen LogP contribution is -2.47. The zero-order valence-electron chi connectivity index (χ0n) is 13.6. The number of piperidine rings is 2. The first kappa shape index (κ1) is 16.9. The van der Waals surface area contributed by atoms with E-state index >= 15 is 0 Å². The first-order valence-corrected chi connectivity index (χ1v) is 8.21. The molecule has 3 atom stereocenters. The van der Waals surface area contributed by atoms with Gasteiger partial charge < -0.3 is 15.4 Å². The molecular formula is C17H22FN3O3. The Morgan fingerprint density at radius 2 is 2.12 bits per heavy atom. The lowest BCUT2D eigenvalue weighted by molar-refractivity contribution is -0.133. The minimum atomic E-state index is -0.515. The Morgan fingerprint density at radius 1 is 1.29 bits per heavy atom. The predicted molar refractivity (Wildman–Crippen MR) is 87.2 cm³/mol. The van der Waals surface area contributed by atoms with Gasteiger partial charge in [-0.3, -0.25) is 14.9 Å². The number of ether oxygens (including phenoxy) is 1. The number of amides is 2. The lowest BCUT2D eigenvalue weighted by atomic mass is 9.87. The molecule has 1 aromatic carbocycles. The molecule has 0 aliphatic carbocycles. The van der Waals surface area contributed by atoms with E-state index in [4.69, 9.17) is 4.74 Å². The van der Waals surface area contributed by atoms with E-state index < -0.39 is 6.04 Å². The van der Waals surface area contributed by atoms with Gasteiger partial charge in [-0.25, -0.2) is 4.39 Å². The van der Waals surface area contributed by atoms with Gasteiger partial charge in [-0.15, -0.1) is 0 Å². The molecule has 3 rings (SSSR count). The zero-order chi connectivity index (χ0) is 17.1. The Kier molecular flexibility index (Phi) is 5.11. The third kappa shape index (κ3) is 3.57. The topological polar surface area (TPSA) is 79.5 Å². The van der Waals surface area contributed by atoms with Gasteiger partial charge in [-0.1, -0.05) is 6.07 Å². The maximum Gasteiger partial charge on any atom is 0.249 e. The Labute approximate surface area is 140 Å². The van der Waals surface area contributed by atoms with E-state index in [0.29, 0.717) is 24.2 Å². The molecular weight excluding hydrogens is 313 g/mol. The van der Waals surface area contributed by atoms with Gasteiger partial charge in [0.05, 0.1) is 6.10 Å². The fourth-order valence-corrected chi connectivity index (χ4v) is 3.38. The SMILES string of the molecule is CO[C@H]1CNCC[C@@H]1c1ccc(N[C@@H]2CCC(=O)NC2=O)cc1F. The molecule has 1 aromatic rings. The minimum Gasteiger partial charge on any atom is -0.379 e. The molecule has 0 spiro atoms. The van der Waals surface area contributed by atoms with Crippen LogP contribution in [0, 0.1) is 5.82 Å². The third-order valence-corrected chi connectivity index (χ3v) is 4.71. The van der Waals surface area contributed by atoms with Crippen molar-refractivity contribution in [1.82, 2.24) is 10.6 Å². The van der Waals surface area contributed by atoms with Crippen LogP contribution in [0.1, 0.15) is 30.7 Å². The Hall–Kier alpha value is -1.99. The van der Waals surface area contributed by atoms with Crippen molar-refractivity contribution in [3.05, 3.63) is 29.6 Å². The molecule has 6 nitrogen and oxygen atoms in total. The minimum absolute atomic E-state index is 0.0147. The third-order valence-electron chi connectivity index (χ3n) is 4.71. The molecule has 2 amide bonds. The van der Waals surface area contributed by atoms with Crippen molar-refractivity contribution < 1.29 is 18.7 Å². The summed E-state index contributed by atoms with van der Waals surface area (Å²) in [4.78, 5) is 22.9. The van der Waals surface area contributed by atoms with Crippen LogP contribution in [0.2, 0.25) is 0 Å². The van der Waals surface area contributed by atoms with E-state index in [2.05, 4.69) is 16.0 Å². The van der Waals surface area contributed by atoms with E-state index in [0.717, 1.165) is 13.0 Å². The molecule has 3 N–H and O–H groups in total. The van der Waals surface area contributed by atoms with Crippen molar-refractivity contribution in [3.63, 3.8) is 0 Å². The van der Waals surface area contributed by atoms with Crippen LogP contribution < -0.4 is 16.0 Å². The molecule has 2 fully saturated rings. The lowest BCUT2D eigenvalue weighted by Gasteiger charge is -2.31. The van der Waals surface area contributed by atoms with Crippen molar-refractivity contribution in [2.24, 2.45) is 0 Å². The molecule has 2 heterocycles. The number of hydrogen-bond donors (Lipinski definition) is 3. The quantitative estimate of drug-likeness (QED) is 0.719. The molecule has 24 heavy (non-hydrogen) atoms. The van der Waals surface area contributed by atoms with Gasteiger partial charge in [0.2, 0.25) is 11.8 Å². The van der Waals surface area contributed by atoms with Crippen LogP contribution in [0.3, 0.4) is 0 Å². The Bertz CT molecular complexity index is 638. The summed E-state index contributed by atoms with van der Waals surface area (Å²) in [6.45, 7) is 1.54. The summed E-state index contributed by atoms with van der Waals surface area (Å²) in [5.74, 6) is -0.924. The van der Waals surface area contributed by atoms with Gasteiger partial charge in [-0.05, 0) is 37.1 Å². The Morgan fingerprint density at radius 3 is 2.83 bits per heavy atom. The number of benzene rings is 1. The van der Waals surface area contributed by atoms with Crippen LogP contribution in [0.15, 0.2) is 18.2 Å². The van der Waals surface area contributed by atoms with Crippen LogP contribution in [0.5, 0.6) is 0 Å². The number of carbonyl (C=O) groups excluding carboxylic acids is 2. The largest absolute Gasteiger partial charge is 0.379 e. The highest BCUT2D eigenvalue weighted by Gasteiger charge is 2.29. The van der Waals surface area contributed by atoms with E-state index in [9.17, 15) is 14.0 Å². The molecule has 2 saturated heterocycles. The van der Waals surface area contributed by atoms with Gasteiger partial charge in [0.25, 0.3) is 0 Å². The number of methoxy groups -OCH3 is 1. The summed E-state index contributed by atoms with van der Waals surface area (Å²) in [5.41, 5.74) is 1.17. The number of nitrogens with one attached hydrogen (secondary N) is 3. The Balaban J connectivity index is 1.72. The van der Waals surface area contributed by atoms with Gasteiger partial charge >= 0.3 is 0 Å². The van der Waals surface area contributed by atoms with Crippen molar-refractivity contribution in [2.75, 3.05) is 25.5 Å². The van der Waals surface area contributed by atoms with Crippen LogP contribution in [0.25, 0.3) is 0 Å². The van der Waals surface area contributed by atoms with E-state index in [-0.39, 0.29) is 36.1 Å². The number of anilines is 1. The molecule has 0 aromatic heterocycles. The highest BCUT2D eigenvalue weighted by molar-refractivity contribution is 6.01. The molecule has 2 aliphatic rings. The summed E-state index contributed by atoms with van der Waals surface area (Å²) < 4.78 is 20.0. The summed E-state index contributed by atoms with van der Waals surface area (Å²) in [6, 6.07) is 4.43. The molecule has 0 radical (unpaired) electrons. The summed E-state index contributed by atoms with van der Waals surface area (Å²) in [5, 5.41) is 8.53. The number of rotatable bonds is 4. The fourth-order valence-electron chi connectivity index (χ4n) is 3.38. The van der Waals surface area contributed by atoms with E-state index in [1.165, 1.54) is 6.07 Å². The first-order chi connectivity index (χ1) is 11.6. The maximum absolute atomic E-state index is 14.6. The second-order valence-electron chi connectivity index (χ2n) is 6.26. The smallest absolute Gasteiger partial charge is 0.249 e. The number of hydrogen-bond acceptors (Lipinski definition) is 5. The average Bonchev–Trinajstić information content (AvgIpc) is 2.58. The molecule has 0 saturated carbocycles. The summed E-state index contributed by atoms with van der Waals surface area (Å²) in [6.07, 6.45) is 1.46. The predicted octanol–water partition coefficient (Wildman–Crippen LogP) is 1.13. The second-order valence-corrected chi connectivity index (χ2v) is 6.26. The normalized spacial score (nSPS) is 27.7. The standard InChI is InChI=1S/C17H22FN3O3/c1-24-15-9-19-7-6-12(15)11-3-2-10(8-13(11)18)20-14-4-5-16(22)21-17(14)23/h2-3,8,12,14-15,19-20H,4-7,9H2,1H3,(H,21,22,23)/t12-,14-,15+/m1/s1. The molecule has 2 aliphatic heterocycles. The van der Waals surface area contributed by atoms with Crippen molar-refractivity contribution in [1.29, 1.82) is 0 Å². The van der Waals surface area contributed by atoms with E-state index in [1.807, 2.05) is 0 Å². The maximum atomic E-state index is 14.6. The van der Waals surface area contributed by atoms with E-state index in [1.54, 1.807) is 19.2 Å². The van der Waals surface area contributed by atoms with Crippen molar-refractivity contribution in [3.8, 4) is 0 Å². The first-order valence-electron chi connectivity index (χ1n) is 8.21. The fraction of sp³-hybridized carbons (Fsp3) is 0.529. The van der Waals surface area contributed by atoms with Gasteiger partial charge in [0.1, 0.15) is 11.9 Å². The van der Waals surface area contributed by atoms with Gasteiger partial charge in [0, 0.05) is 31.7 Å². The van der Waals surface area contributed by atoms with Crippen molar-refractivity contribution >= 4 is 17.5 Å². The zero-order valence-corrected chi connectivity index (χ0v) is 13.6. The van der Waals surface area contributed by atoms with Gasteiger partial charge in [0.15, 0.2) is 0 Å². The highest BCUT2D eigenvalue weighted by Crippen LogP contribution is 2.31. The van der Waals surface area contributed by atoms with Crippen LogP contribution >= 0.6 is 0 Å². The average molecular weight is 335 g/mol.